The van der Waals surface area contributed by atoms with Crippen LogP contribution in [-0.2, 0) is 9.59 Å². The Morgan fingerprint density at radius 2 is 1.26 bits per heavy atom. The molecule has 0 spiro atoms. The highest BCUT2D eigenvalue weighted by atomic mass is 16.2. The molecule has 1 aromatic rings. The van der Waals surface area contributed by atoms with E-state index in [1.54, 1.807) is 36.6 Å². The number of aromatic nitrogens is 2. The Labute approximate surface area is 158 Å². The SMILES string of the molecule is CC(=O)N1CCN(C(=O)c2cc(N3CCN(C(C)=O)CC3)nc(C)n2)CC1. The molecule has 0 radical (unpaired) electrons. The Hall–Kier alpha value is -2.71. The van der Waals surface area contributed by atoms with Crippen LogP contribution in [0.2, 0.25) is 0 Å². The summed E-state index contributed by atoms with van der Waals surface area (Å²) >= 11 is 0. The van der Waals surface area contributed by atoms with Gasteiger partial charge in [-0.05, 0) is 6.92 Å². The van der Waals surface area contributed by atoms with Gasteiger partial charge in [0, 0.05) is 72.3 Å². The van der Waals surface area contributed by atoms with Crippen LogP contribution in [-0.4, -0.2) is 94.7 Å². The Morgan fingerprint density at radius 3 is 1.78 bits per heavy atom. The topological polar surface area (TPSA) is 90.0 Å². The largest absolute Gasteiger partial charge is 0.353 e. The minimum atomic E-state index is -0.132. The lowest BCUT2D eigenvalue weighted by Gasteiger charge is -2.35. The van der Waals surface area contributed by atoms with Gasteiger partial charge in [-0.15, -0.1) is 0 Å². The van der Waals surface area contributed by atoms with Crippen molar-refractivity contribution in [3.63, 3.8) is 0 Å². The van der Waals surface area contributed by atoms with Gasteiger partial charge in [0.25, 0.3) is 5.91 Å². The average molecular weight is 374 g/mol. The molecule has 2 aliphatic rings. The molecule has 9 heteroatoms. The lowest BCUT2D eigenvalue weighted by Crippen LogP contribution is -2.50. The molecule has 2 fully saturated rings. The molecule has 0 atom stereocenters. The predicted molar refractivity (Wildman–Crippen MR) is 99.4 cm³/mol. The number of aryl methyl sites for hydroxylation is 1. The van der Waals surface area contributed by atoms with Crippen LogP contribution in [0.4, 0.5) is 5.82 Å². The summed E-state index contributed by atoms with van der Waals surface area (Å²) in [5, 5.41) is 0. The lowest BCUT2D eigenvalue weighted by molar-refractivity contribution is -0.130. The first-order valence-corrected chi connectivity index (χ1v) is 9.26. The Bertz CT molecular complexity index is 737. The highest BCUT2D eigenvalue weighted by Gasteiger charge is 2.26. The first-order chi connectivity index (χ1) is 12.8. The minimum Gasteiger partial charge on any atom is -0.353 e. The van der Waals surface area contributed by atoms with Crippen molar-refractivity contribution in [2.45, 2.75) is 20.8 Å². The second-order valence-electron chi connectivity index (χ2n) is 6.95. The molecule has 2 saturated heterocycles. The van der Waals surface area contributed by atoms with Crippen LogP contribution in [0.3, 0.4) is 0 Å². The predicted octanol–water partition coefficient (Wildman–Crippen LogP) is -0.242. The third-order valence-corrected chi connectivity index (χ3v) is 5.10. The summed E-state index contributed by atoms with van der Waals surface area (Å²) in [5.41, 5.74) is 0.378. The summed E-state index contributed by atoms with van der Waals surface area (Å²) in [4.78, 5) is 52.0. The van der Waals surface area contributed by atoms with Crippen molar-refractivity contribution >= 4 is 23.5 Å². The molecule has 3 heterocycles. The van der Waals surface area contributed by atoms with Crippen molar-refractivity contribution in [2.75, 3.05) is 57.3 Å². The molecule has 2 aliphatic heterocycles. The fraction of sp³-hybridized carbons (Fsp3) is 0.611. The van der Waals surface area contributed by atoms with E-state index in [0.717, 1.165) is 5.82 Å². The zero-order chi connectivity index (χ0) is 19.6. The van der Waals surface area contributed by atoms with Crippen LogP contribution >= 0.6 is 0 Å². The van der Waals surface area contributed by atoms with Crippen molar-refractivity contribution < 1.29 is 14.4 Å². The van der Waals surface area contributed by atoms with Crippen LogP contribution in [0.25, 0.3) is 0 Å². The normalized spacial score (nSPS) is 17.9. The van der Waals surface area contributed by atoms with Crippen LogP contribution in [0.5, 0.6) is 0 Å². The zero-order valence-electron chi connectivity index (χ0n) is 16.1. The van der Waals surface area contributed by atoms with Gasteiger partial charge in [0.2, 0.25) is 11.8 Å². The average Bonchev–Trinajstić information content (AvgIpc) is 2.67. The summed E-state index contributed by atoms with van der Waals surface area (Å²) in [6.45, 7) is 9.67. The number of nitrogens with zero attached hydrogens (tertiary/aromatic N) is 6. The van der Waals surface area contributed by atoms with Gasteiger partial charge >= 0.3 is 0 Å². The molecule has 0 N–H and O–H groups in total. The number of piperazine rings is 2. The van der Waals surface area contributed by atoms with Gasteiger partial charge in [-0.3, -0.25) is 14.4 Å². The van der Waals surface area contributed by atoms with E-state index in [0.29, 0.717) is 63.9 Å². The zero-order valence-corrected chi connectivity index (χ0v) is 16.1. The number of carbonyl (C=O) groups excluding carboxylic acids is 3. The molecule has 0 unspecified atom stereocenters. The molecule has 3 amide bonds. The smallest absolute Gasteiger partial charge is 0.272 e. The minimum absolute atomic E-state index is 0.0342. The third kappa shape index (κ3) is 4.35. The molecule has 3 rings (SSSR count). The number of anilines is 1. The van der Waals surface area contributed by atoms with Crippen LogP contribution < -0.4 is 4.90 Å². The Kier molecular flexibility index (Phi) is 5.57. The van der Waals surface area contributed by atoms with Crippen molar-refractivity contribution in [1.82, 2.24) is 24.7 Å². The van der Waals surface area contributed by atoms with E-state index in [9.17, 15) is 14.4 Å². The van der Waals surface area contributed by atoms with E-state index in [1.165, 1.54) is 0 Å². The van der Waals surface area contributed by atoms with E-state index < -0.39 is 0 Å². The maximum Gasteiger partial charge on any atom is 0.272 e. The van der Waals surface area contributed by atoms with Gasteiger partial charge in [0.1, 0.15) is 17.3 Å². The molecule has 0 saturated carbocycles. The van der Waals surface area contributed by atoms with Crippen molar-refractivity contribution in [3.05, 3.63) is 17.6 Å². The van der Waals surface area contributed by atoms with E-state index in [2.05, 4.69) is 14.9 Å². The van der Waals surface area contributed by atoms with Gasteiger partial charge in [0.15, 0.2) is 0 Å². The maximum atomic E-state index is 12.9. The number of hydrogen-bond acceptors (Lipinski definition) is 6. The molecule has 146 valence electrons. The molecule has 0 aromatic carbocycles. The van der Waals surface area contributed by atoms with Crippen molar-refractivity contribution in [1.29, 1.82) is 0 Å². The van der Waals surface area contributed by atoms with Crippen LogP contribution in [0.15, 0.2) is 6.07 Å². The van der Waals surface area contributed by atoms with E-state index in [1.807, 2.05) is 4.90 Å². The van der Waals surface area contributed by atoms with E-state index in [4.69, 9.17) is 0 Å². The number of carbonyl (C=O) groups is 3. The first-order valence-electron chi connectivity index (χ1n) is 9.26. The highest BCUT2D eigenvalue weighted by molar-refractivity contribution is 5.93. The second kappa shape index (κ2) is 7.89. The van der Waals surface area contributed by atoms with Gasteiger partial charge in [0.05, 0.1) is 0 Å². The standard InChI is InChI=1S/C18H26N6O3/c1-13-19-16(18(27)24-10-6-22(7-11-24)15(3)26)12-17(20-13)23-8-4-21(5-9-23)14(2)25/h12H,4-11H2,1-3H3. The van der Waals surface area contributed by atoms with Crippen LogP contribution in [0.1, 0.15) is 30.2 Å². The molecule has 0 aliphatic carbocycles. The maximum absolute atomic E-state index is 12.9. The fourth-order valence-electron chi connectivity index (χ4n) is 3.46. The summed E-state index contributed by atoms with van der Waals surface area (Å²) in [7, 11) is 0. The third-order valence-electron chi connectivity index (χ3n) is 5.10. The summed E-state index contributed by atoms with van der Waals surface area (Å²) in [6.07, 6.45) is 0. The van der Waals surface area contributed by atoms with Gasteiger partial charge < -0.3 is 19.6 Å². The molecule has 27 heavy (non-hydrogen) atoms. The lowest BCUT2D eigenvalue weighted by atomic mass is 10.2. The first kappa shape index (κ1) is 19.1. The number of rotatable bonds is 2. The van der Waals surface area contributed by atoms with Crippen LogP contribution in [0, 0.1) is 6.92 Å². The Balaban J connectivity index is 1.69. The molecular weight excluding hydrogens is 348 g/mol. The number of amides is 3. The summed E-state index contributed by atoms with van der Waals surface area (Å²) in [6, 6.07) is 1.73. The van der Waals surface area contributed by atoms with Crippen molar-refractivity contribution in [3.8, 4) is 0 Å². The van der Waals surface area contributed by atoms with E-state index in [-0.39, 0.29) is 17.7 Å². The summed E-state index contributed by atoms with van der Waals surface area (Å²) < 4.78 is 0. The summed E-state index contributed by atoms with van der Waals surface area (Å²) in [5.74, 6) is 1.25. The fourth-order valence-corrected chi connectivity index (χ4v) is 3.46. The number of hydrogen-bond donors (Lipinski definition) is 0. The second-order valence-corrected chi connectivity index (χ2v) is 6.95. The van der Waals surface area contributed by atoms with E-state index >= 15 is 0 Å². The highest BCUT2D eigenvalue weighted by Crippen LogP contribution is 2.17. The molecule has 1 aromatic heterocycles. The molecule has 0 bridgehead atoms. The van der Waals surface area contributed by atoms with Gasteiger partial charge in [-0.1, -0.05) is 0 Å². The van der Waals surface area contributed by atoms with Gasteiger partial charge in [-0.2, -0.15) is 0 Å². The van der Waals surface area contributed by atoms with Gasteiger partial charge in [-0.25, -0.2) is 9.97 Å². The van der Waals surface area contributed by atoms with Crippen molar-refractivity contribution in [2.24, 2.45) is 0 Å². The molecule has 9 nitrogen and oxygen atoms in total. The molecular formula is C18H26N6O3. The quantitative estimate of drug-likeness (QED) is 0.710. The Morgan fingerprint density at radius 1 is 0.778 bits per heavy atom. The monoisotopic (exact) mass is 374 g/mol.